The first-order chi connectivity index (χ1) is 17.3. The second-order valence-corrected chi connectivity index (χ2v) is 11.2. The third kappa shape index (κ3) is 4.73. The number of carbonyl (C=O) groups excluding carboxylic acids is 1. The Bertz CT molecular complexity index is 1420. The minimum atomic E-state index is -0.590. The molecule has 9 heteroatoms. The van der Waals surface area contributed by atoms with E-state index < -0.39 is 11.4 Å². The van der Waals surface area contributed by atoms with Crippen molar-refractivity contribution in [1.82, 2.24) is 19.4 Å². The summed E-state index contributed by atoms with van der Waals surface area (Å²) in [6, 6.07) is 6.49. The van der Waals surface area contributed by atoms with Crippen LogP contribution in [0.2, 0.25) is 0 Å². The number of halogens is 1. The zero-order valence-electron chi connectivity index (χ0n) is 20.6. The van der Waals surface area contributed by atoms with Crippen LogP contribution in [0.25, 0.3) is 11.0 Å². The predicted octanol–water partition coefficient (Wildman–Crippen LogP) is 4.30. The predicted molar refractivity (Wildman–Crippen MR) is 140 cm³/mol. The van der Waals surface area contributed by atoms with E-state index >= 15 is 0 Å². The van der Waals surface area contributed by atoms with Crippen LogP contribution >= 0.6 is 11.8 Å². The molecule has 5 rings (SSSR count). The summed E-state index contributed by atoms with van der Waals surface area (Å²) in [7, 11) is 0. The fourth-order valence-electron chi connectivity index (χ4n) is 5.43. The Morgan fingerprint density at radius 1 is 0.972 bits per heavy atom. The number of pyridine rings is 1. The number of amides is 1. The lowest BCUT2D eigenvalue weighted by molar-refractivity contribution is 0.0921. The van der Waals surface area contributed by atoms with Gasteiger partial charge in [-0.05, 0) is 93.2 Å². The summed E-state index contributed by atoms with van der Waals surface area (Å²) in [6.07, 6.45) is 5.19. The fourth-order valence-corrected chi connectivity index (χ4v) is 6.51. The van der Waals surface area contributed by atoms with Gasteiger partial charge in [0.05, 0.1) is 11.6 Å². The first-order valence-electron chi connectivity index (χ1n) is 12.6. The van der Waals surface area contributed by atoms with Gasteiger partial charge in [0.15, 0.2) is 0 Å². The highest BCUT2D eigenvalue weighted by Crippen LogP contribution is 2.30. The van der Waals surface area contributed by atoms with Gasteiger partial charge in [0.2, 0.25) is 0 Å². The molecular formula is C27H31FN4O3S. The molecule has 1 saturated carbocycles. The molecule has 0 atom stereocenters. The monoisotopic (exact) mass is 510 g/mol. The Morgan fingerprint density at radius 3 is 2.36 bits per heavy atom. The van der Waals surface area contributed by atoms with Gasteiger partial charge in [0, 0.05) is 23.7 Å². The number of nitrogens with one attached hydrogen (secondary N) is 1. The van der Waals surface area contributed by atoms with Crippen molar-refractivity contribution in [3.05, 3.63) is 73.8 Å². The first kappa shape index (κ1) is 24.7. The van der Waals surface area contributed by atoms with Crippen molar-refractivity contribution < 1.29 is 9.18 Å². The summed E-state index contributed by atoms with van der Waals surface area (Å²) in [5.74, 6) is 1.17. The Labute approximate surface area is 213 Å². The number of benzene rings is 1. The zero-order valence-corrected chi connectivity index (χ0v) is 21.4. The fraction of sp³-hybridized carbons (Fsp3) is 0.481. The smallest absolute Gasteiger partial charge is 0.333 e. The molecule has 1 amide bonds. The molecule has 1 aromatic carbocycles. The van der Waals surface area contributed by atoms with Crippen LogP contribution in [0.5, 0.6) is 0 Å². The molecule has 3 heterocycles. The summed E-state index contributed by atoms with van der Waals surface area (Å²) in [4.78, 5) is 44.1. The first-order valence-corrected chi connectivity index (χ1v) is 13.8. The van der Waals surface area contributed by atoms with E-state index in [1.807, 2.05) is 43.8 Å². The molecule has 7 nitrogen and oxygen atoms in total. The summed E-state index contributed by atoms with van der Waals surface area (Å²) < 4.78 is 17.0. The van der Waals surface area contributed by atoms with Crippen molar-refractivity contribution in [2.45, 2.75) is 70.5 Å². The molecule has 0 spiro atoms. The standard InChI is InChI=1S/C27H31FN4O3S/c1-16-3-4-18(13-17(16)2)25(33)30-20-5-7-21(8-6-20)32-26(34)23-14-19(28)15-29-24(23)31(27(32)35)22-9-11-36-12-10-22/h3-4,13-15,20-22H,5-12H2,1-2H3,(H,30,33)/t20-,21+. The molecule has 1 N–H and O–H groups in total. The number of fused-ring (bicyclic) bond motifs is 1. The molecule has 1 saturated heterocycles. The van der Waals surface area contributed by atoms with Crippen LogP contribution in [0.3, 0.4) is 0 Å². The van der Waals surface area contributed by atoms with Gasteiger partial charge >= 0.3 is 5.69 Å². The van der Waals surface area contributed by atoms with Crippen LogP contribution in [0, 0.1) is 19.7 Å². The van der Waals surface area contributed by atoms with E-state index in [2.05, 4.69) is 10.3 Å². The normalized spacial score (nSPS) is 21.0. The molecule has 0 radical (unpaired) electrons. The molecule has 36 heavy (non-hydrogen) atoms. The maximum Gasteiger partial charge on any atom is 0.333 e. The highest BCUT2D eigenvalue weighted by atomic mass is 32.2. The molecule has 1 aliphatic carbocycles. The van der Waals surface area contributed by atoms with Gasteiger partial charge in [-0.25, -0.2) is 14.2 Å². The molecule has 190 valence electrons. The van der Waals surface area contributed by atoms with Crippen molar-refractivity contribution in [2.75, 3.05) is 11.5 Å². The van der Waals surface area contributed by atoms with Gasteiger partial charge in [-0.3, -0.25) is 18.7 Å². The average Bonchev–Trinajstić information content (AvgIpc) is 2.88. The quantitative estimate of drug-likeness (QED) is 0.566. The number of nitrogens with zero attached hydrogens (tertiary/aromatic N) is 3. The average molecular weight is 511 g/mol. The molecule has 1 aliphatic heterocycles. The molecule has 2 fully saturated rings. The van der Waals surface area contributed by atoms with Gasteiger partial charge in [-0.15, -0.1) is 0 Å². The zero-order chi connectivity index (χ0) is 25.4. The summed E-state index contributed by atoms with van der Waals surface area (Å²) in [5.41, 5.74) is 2.28. The highest BCUT2D eigenvalue weighted by molar-refractivity contribution is 7.99. The molecule has 3 aromatic rings. The van der Waals surface area contributed by atoms with Gasteiger partial charge < -0.3 is 5.32 Å². The van der Waals surface area contributed by atoms with E-state index in [0.29, 0.717) is 31.2 Å². The van der Waals surface area contributed by atoms with E-state index in [-0.39, 0.29) is 40.8 Å². The second kappa shape index (κ2) is 10.2. The third-order valence-corrected chi connectivity index (χ3v) is 8.69. The van der Waals surface area contributed by atoms with E-state index in [9.17, 15) is 18.8 Å². The highest BCUT2D eigenvalue weighted by Gasteiger charge is 2.29. The van der Waals surface area contributed by atoms with Crippen molar-refractivity contribution in [3.8, 4) is 0 Å². The maximum atomic E-state index is 14.1. The van der Waals surface area contributed by atoms with E-state index in [1.54, 1.807) is 4.57 Å². The maximum absolute atomic E-state index is 14.1. The molecular weight excluding hydrogens is 479 g/mol. The van der Waals surface area contributed by atoms with Crippen LogP contribution < -0.4 is 16.6 Å². The third-order valence-electron chi connectivity index (χ3n) is 7.64. The molecule has 2 aliphatic rings. The van der Waals surface area contributed by atoms with Crippen LogP contribution in [0.4, 0.5) is 4.39 Å². The summed E-state index contributed by atoms with van der Waals surface area (Å²) in [5, 5.41) is 3.26. The van der Waals surface area contributed by atoms with Crippen molar-refractivity contribution >= 4 is 28.7 Å². The number of hydrogen-bond donors (Lipinski definition) is 1. The summed E-state index contributed by atoms with van der Waals surface area (Å²) in [6.45, 7) is 4.00. The van der Waals surface area contributed by atoms with Crippen molar-refractivity contribution in [3.63, 3.8) is 0 Å². The molecule has 0 unspecified atom stereocenters. The van der Waals surface area contributed by atoms with Gasteiger partial charge in [0.1, 0.15) is 11.5 Å². The van der Waals surface area contributed by atoms with Crippen LogP contribution in [0.15, 0.2) is 40.1 Å². The Morgan fingerprint density at radius 2 is 1.67 bits per heavy atom. The lowest BCUT2D eigenvalue weighted by atomic mass is 9.90. The number of carbonyl (C=O) groups is 1. The van der Waals surface area contributed by atoms with Crippen molar-refractivity contribution in [2.24, 2.45) is 0 Å². The lowest BCUT2D eigenvalue weighted by Gasteiger charge is -2.31. The minimum Gasteiger partial charge on any atom is -0.349 e. The number of rotatable bonds is 4. The van der Waals surface area contributed by atoms with Crippen LogP contribution in [-0.4, -0.2) is 37.6 Å². The lowest BCUT2D eigenvalue weighted by Crippen LogP contribution is -2.46. The topological polar surface area (TPSA) is 86.0 Å². The second-order valence-electron chi connectivity index (χ2n) is 9.97. The van der Waals surface area contributed by atoms with Gasteiger partial charge in [0.25, 0.3) is 11.5 Å². The molecule has 2 aromatic heterocycles. The number of aryl methyl sites for hydroxylation is 2. The Kier molecular flexibility index (Phi) is 7.01. The minimum absolute atomic E-state index is 0.0248. The number of hydrogen-bond acceptors (Lipinski definition) is 5. The van der Waals surface area contributed by atoms with Gasteiger partial charge in [-0.1, -0.05) is 6.07 Å². The number of aromatic nitrogens is 3. The number of thioether (sulfide) groups is 1. The Balaban J connectivity index is 1.40. The van der Waals surface area contributed by atoms with Crippen molar-refractivity contribution in [1.29, 1.82) is 0 Å². The van der Waals surface area contributed by atoms with Crippen LogP contribution in [0.1, 0.15) is 72.1 Å². The van der Waals surface area contributed by atoms with Crippen LogP contribution in [-0.2, 0) is 0 Å². The van der Waals surface area contributed by atoms with E-state index in [0.717, 1.165) is 41.7 Å². The molecule has 0 bridgehead atoms. The van der Waals surface area contributed by atoms with E-state index in [4.69, 9.17) is 0 Å². The van der Waals surface area contributed by atoms with Gasteiger partial charge in [-0.2, -0.15) is 11.8 Å². The largest absolute Gasteiger partial charge is 0.349 e. The van der Waals surface area contributed by atoms with E-state index in [1.165, 1.54) is 10.6 Å². The summed E-state index contributed by atoms with van der Waals surface area (Å²) >= 11 is 1.85. The Hall–Kier alpha value is -2.94. The SMILES string of the molecule is Cc1ccc(C(=O)N[C@H]2CC[C@@H](n3c(=O)c4cc(F)cnc4n(C4CCSCC4)c3=O)CC2)cc1C.